The van der Waals surface area contributed by atoms with Crippen LogP contribution < -0.4 is 5.56 Å². The van der Waals surface area contributed by atoms with Crippen molar-refractivity contribution in [2.24, 2.45) is 0 Å². The molecule has 1 heterocycles. The molecule has 0 aliphatic heterocycles. The van der Waals surface area contributed by atoms with Gasteiger partial charge in [-0.15, -0.1) is 0 Å². The number of hydrogen-bond donors (Lipinski definition) is 0. The fourth-order valence-corrected chi connectivity index (χ4v) is 0.930. The van der Waals surface area contributed by atoms with Gasteiger partial charge < -0.3 is 0 Å². The molecule has 0 aliphatic carbocycles. The summed E-state index contributed by atoms with van der Waals surface area (Å²) in [4.78, 5) is 11.0. The summed E-state index contributed by atoms with van der Waals surface area (Å²) in [6.07, 6.45) is -2.06. The highest BCUT2D eigenvalue weighted by molar-refractivity contribution is 5.15. The van der Waals surface area contributed by atoms with E-state index in [9.17, 15) is 18.0 Å². The molecule has 74 valence electrons. The van der Waals surface area contributed by atoms with Crippen LogP contribution in [0.3, 0.4) is 0 Å². The Balaban J connectivity index is 3.28. The van der Waals surface area contributed by atoms with Crippen molar-refractivity contribution in [2.75, 3.05) is 0 Å². The van der Waals surface area contributed by atoms with Crippen LogP contribution in [-0.4, -0.2) is 4.57 Å². The van der Waals surface area contributed by atoms with E-state index in [1.54, 1.807) is 6.07 Å². The first-order valence-electron chi connectivity index (χ1n) is 3.62. The van der Waals surface area contributed by atoms with Gasteiger partial charge in [-0.1, -0.05) is 0 Å². The number of rotatable bonds is 2. The van der Waals surface area contributed by atoms with Crippen molar-refractivity contribution in [3.05, 3.63) is 34.0 Å². The summed E-state index contributed by atoms with van der Waals surface area (Å²) in [5, 5.41) is 8.23. The number of pyridine rings is 1. The van der Waals surface area contributed by atoms with E-state index in [2.05, 4.69) is 0 Å². The fraction of sp³-hybridized carbons (Fsp3) is 0.250. The van der Waals surface area contributed by atoms with Gasteiger partial charge in [0.15, 0.2) is 5.82 Å². The maximum Gasteiger partial charge on any atom is 0.287 e. The Morgan fingerprint density at radius 2 is 2.21 bits per heavy atom. The maximum absolute atomic E-state index is 12.9. The smallest absolute Gasteiger partial charge is 0.287 e. The van der Waals surface area contributed by atoms with Crippen LogP contribution in [0.4, 0.5) is 13.2 Å². The molecule has 6 heteroatoms. The third-order valence-corrected chi connectivity index (χ3v) is 1.61. The van der Waals surface area contributed by atoms with E-state index in [-0.39, 0.29) is 6.54 Å². The molecule has 0 N–H and O–H groups in total. The topological polar surface area (TPSA) is 45.8 Å². The van der Waals surface area contributed by atoms with E-state index in [0.29, 0.717) is 0 Å². The second kappa shape index (κ2) is 3.96. The number of alkyl halides is 2. The van der Waals surface area contributed by atoms with Crippen LogP contribution in [0.15, 0.2) is 17.1 Å². The first kappa shape index (κ1) is 10.3. The number of aromatic nitrogens is 1. The van der Waals surface area contributed by atoms with E-state index in [4.69, 9.17) is 5.26 Å². The quantitative estimate of drug-likeness (QED) is 0.728. The van der Waals surface area contributed by atoms with Crippen molar-refractivity contribution in [2.45, 2.75) is 13.0 Å². The Kier molecular flexibility index (Phi) is 2.92. The average Bonchev–Trinajstić information content (AvgIpc) is 2.13. The number of nitrogens with zero attached hydrogens (tertiary/aromatic N) is 2. The molecule has 0 spiro atoms. The van der Waals surface area contributed by atoms with Crippen molar-refractivity contribution >= 4 is 0 Å². The van der Waals surface area contributed by atoms with Gasteiger partial charge in [-0.3, -0.25) is 9.36 Å². The Bertz CT molecular complexity index is 433. The lowest BCUT2D eigenvalue weighted by molar-refractivity contribution is 0.145. The van der Waals surface area contributed by atoms with Gasteiger partial charge in [0.05, 0.1) is 11.6 Å². The monoisotopic (exact) mass is 202 g/mol. The van der Waals surface area contributed by atoms with Gasteiger partial charge in [0.2, 0.25) is 0 Å². The predicted molar refractivity (Wildman–Crippen MR) is 41.2 cm³/mol. The molecule has 0 saturated heterocycles. The van der Waals surface area contributed by atoms with Crippen LogP contribution in [0.2, 0.25) is 0 Å². The van der Waals surface area contributed by atoms with Gasteiger partial charge in [0.25, 0.3) is 12.0 Å². The highest BCUT2D eigenvalue weighted by Gasteiger charge is 2.16. The molecule has 0 unspecified atom stereocenters. The number of nitriles is 1. The van der Waals surface area contributed by atoms with Crippen molar-refractivity contribution in [3.8, 4) is 6.07 Å². The molecule has 1 aromatic rings. The summed E-state index contributed by atoms with van der Waals surface area (Å²) in [5.74, 6) is -1.50. The summed E-state index contributed by atoms with van der Waals surface area (Å²) in [7, 11) is 0. The molecule has 0 bridgehead atoms. The summed E-state index contributed by atoms with van der Waals surface area (Å²) in [5.41, 5.74) is -2.14. The molecule has 1 aromatic heterocycles. The summed E-state index contributed by atoms with van der Waals surface area (Å²) in [6.45, 7) is -0.362. The minimum absolute atomic E-state index is 0.362. The molecular formula is C8H5F3N2O. The van der Waals surface area contributed by atoms with Crippen LogP contribution in [-0.2, 0) is 6.54 Å². The minimum Gasteiger partial charge on any atom is -0.299 e. The van der Waals surface area contributed by atoms with Crippen LogP contribution in [0.25, 0.3) is 0 Å². The molecule has 0 saturated carbocycles. The standard InChI is InChI=1S/C8H5F3N2O/c9-6-5(7(10)11)1-3-13(4-2-12)8(6)14/h1,3,7H,4H2. The molecule has 14 heavy (non-hydrogen) atoms. The Morgan fingerprint density at radius 3 is 2.71 bits per heavy atom. The van der Waals surface area contributed by atoms with Crippen molar-refractivity contribution < 1.29 is 13.2 Å². The first-order valence-corrected chi connectivity index (χ1v) is 3.62. The number of hydrogen-bond acceptors (Lipinski definition) is 2. The zero-order valence-electron chi connectivity index (χ0n) is 6.88. The van der Waals surface area contributed by atoms with Crippen molar-refractivity contribution in [1.82, 2.24) is 4.57 Å². The van der Waals surface area contributed by atoms with E-state index in [1.807, 2.05) is 0 Å². The molecule has 0 fully saturated rings. The summed E-state index contributed by atoms with van der Waals surface area (Å²) in [6, 6.07) is 2.40. The second-order valence-corrected chi connectivity index (χ2v) is 2.48. The van der Waals surface area contributed by atoms with Gasteiger partial charge in [-0.2, -0.15) is 5.26 Å². The highest BCUT2D eigenvalue weighted by Crippen LogP contribution is 2.18. The lowest BCUT2D eigenvalue weighted by atomic mass is 10.2. The third-order valence-electron chi connectivity index (χ3n) is 1.61. The van der Waals surface area contributed by atoms with Crippen molar-refractivity contribution in [3.63, 3.8) is 0 Å². The Labute approximate surface area is 77.0 Å². The predicted octanol–water partition coefficient (Wildman–Crippen LogP) is 1.45. The summed E-state index contributed by atoms with van der Waals surface area (Å²) < 4.78 is 37.8. The van der Waals surface area contributed by atoms with E-state index >= 15 is 0 Å². The third kappa shape index (κ3) is 1.76. The molecule has 1 rings (SSSR count). The molecule has 3 nitrogen and oxygen atoms in total. The maximum atomic E-state index is 12.9. The lowest BCUT2D eigenvalue weighted by Gasteiger charge is -2.03. The Morgan fingerprint density at radius 1 is 1.57 bits per heavy atom. The molecule has 0 atom stereocenters. The lowest BCUT2D eigenvalue weighted by Crippen LogP contribution is -2.23. The van der Waals surface area contributed by atoms with Crippen LogP contribution in [0.5, 0.6) is 0 Å². The van der Waals surface area contributed by atoms with Gasteiger partial charge in [0.1, 0.15) is 6.54 Å². The second-order valence-electron chi connectivity index (χ2n) is 2.48. The average molecular weight is 202 g/mol. The molecule has 0 radical (unpaired) electrons. The molecular weight excluding hydrogens is 197 g/mol. The molecule has 0 aliphatic rings. The van der Waals surface area contributed by atoms with Gasteiger partial charge in [0, 0.05) is 6.20 Å². The van der Waals surface area contributed by atoms with Crippen LogP contribution >= 0.6 is 0 Å². The summed E-state index contributed by atoms with van der Waals surface area (Å²) >= 11 is 0. The minimum atomic E-state index is -3.03. The largest absolute Gasteiger partial charge is 0.299 e. The number of halogens is 3. The van der Waals surface area contributed by atoms with Crippen LogP contribution in [0, 0.1) is 17.1 Å². The van der Waals surface area contributed by atoms with Gasteiger partial charge in [-0.05, 0) is 6.07 Å². The van der Waals surface area contributed by atoms with Crippen molar-refractivity contribution in [1.29, 1.82) is 5.26 Å². The normalized spacial score (nSPS) is 10.2. The van der Waals surface area contributed by atoms with E-state index < -0.39 is 23.4 Å². The van der Waals surface area contributed by atoms with Gasteiger partial charge in [-0.25, -0.2) is 13.2 Å². The van der Waals surface area contributed by atoms with E-state index in [1.165, 1.54) is 0 Å². The zero-order valence-corrected chi connectivity index (χ0v) is 6.88. The van der Waals surface area contributed by atoms with Crippen LogP contribution in [0.1, 0.15) is 12.0 Å². The first-order chi connectivity index (χ1) is 6.57. The zero-order chi connectivity index (χ0) is 10.7. The SMILES string of the molecule is N#CCn1ccc(C(F)F)c(F)c1=O. The van der Waals surface area contributed by atoms with E-state index in [0.717, 1.165) is 16.8 Å². The Hall–Kier alpha value is -1.77. The molecule has 0 amide bonds. The molecule has 0 aromatic carbocycles. The van der Waals surface area contributed by atoms with Gasteiger partial charge >= 0.3 is 0 Å². The fourth-order valence-electron chi connectivity index (χ4n) is 0.930. The highest BCUT2D eigenvalue weighted by atomic mass is 19.3.